The summed E-state index contributed by atoms with van der Waals surface area (Å²) in [6.45, 7) is 0. The Balaban J connectivity index is 1.39. The van der Waals surface area contributed by atoms with E-state index in [1.807, 2.05) is 0 Å². The lowest BCUT2D eigenvalue weighted by atomic mass is 9.99. The van der Waals surface area contributed by atoms with Crippen molar-refractivity contribution in [3.8, 4) is 55.8 Å². The van der Waals surface area contributed by atoms with E-state index in [1.54, 1.807) is 0 Å². The third-order valence-electron chi connectivity index (χ3n) is 7.08. The van der Waals surface area contributed by atoms with Gasteiger partial charge in [-0.3, -0.25) is 0 Å². The van der Waals surface area contributed by atoms with E-state index < -0.39 is 295 Å². The molecule has 0 amide bonds. The normalized spacial score (nSPS) is 20.5. The van der Waals surface area contributed by atoms with Crippen LogP contribution in [0, 0.1) is 0 Å². The number of anilines is 3. The van der Waals surface area contributed by atoms with Crippen LogP contribution in [0.2, 0.25) is 0 Å². The number of hydrogen-bond acceptors (Lipinski definition) is 2. The van der Waals surface area contributed by atoms with Crippen LogP contribution in [0.25, 0.3) is 66.8 Å². The third-order valence-corrected chi connectivity index (χ3v) is 7.08. The van der Waals surface area contributed by atoms with Crippen LogP contribution in [0.15, 0.2) is 216 Å². The molecule has 1 aromatic heterocycles. The van der Waals surface area contributed by atoms with Gasteiger partial charge in [-0.2, -0.15) is 0 Å². The quantitative estimate of drug-likeness (QED) is 0.157. The van der Waals surface area contributed by atoms with Gasteiger partial charge in [-0.1, -0.05) is 157 Å². The minimum atomic E-state index is -1.38. The molecule has 0 aliphatic carbocycles. The fourth-order valence-corrected chi connectivity index (χ4v) is 4.68. The fourth-order valence-electron chi connectivity index (χ4n) is 4.68. The summed E-state index contributed by atoms with van der Waals surface area (Å²) in [6, 6.07) is -38.2. The van der Waals surface area contributed by atoms with E-state index in [2.05, 4.69) is 0 Å². The van der Waals surface area contributed by atoms with Gasteiger partial charge in [0.1, 0.15) is 11.3 Å². The molecule has 0 bridgehead atoms. The minimum Gasteiger partial charge on any atom is -0.456 e. The number of rotatable bonds is 8. The number of hydrogen-bond donors (Lipinski definition) is 0. The molecule has 0 radical (unpaired) electrons. The molecule has 9 rings (SSSR count). The van der Waals surface area contributed by atoms with Crippen LogP contribution in [-0.4, -0.2) is 0 Å². The SMILES string of the molecule is [2H]c1c([2H])c([2H])c(-c2c([2H])c([2H])c(-c3c([2H])c([2H])c(N(c4c([2H])c([2H])c(-c5c([2H])c([2H])c([2H])c([2H])c5[2H])c([2H])c4[2H])c4c([2H])c([2H])c(-c5c([2H])c([2H])c([2H])c(-c6oc7c([2H])c([2H])c([2H])c([2H])c7c6[2H])c5[2H])c([2H])c4[2H])c([2H])c3[2H])c([2H])c2[2H])c([2H])c1[2H]. The fraction of sp³-hybridized carbons (Fsp3) is 0. The largest absolute Gasteiger partial charge is 0.456 e. The molecule has 0 saturated heterocycles. The first-order valence-electron chi connectivity index (χ1n) is 32.3. The Morgan fingerprint density at radius 1 is 0.308 bits per heavy atom. The predicted octanol–water partition coefficient (Wildman–Crippen LogP) is 14.2. The van der Waals surface area contributed by atoms with Crippen molar-refractivity contribution in [1.29, 1.82) is 0 Å². The highest BCUT2D eigenvalue weighted by atomic mass is 16.3. The molecule has 0 aliphatic rings. The molecular formula is C50H35NO. The van der Waals surface area contributed by atoms with E-state index in [0.717, 1.165) is 0 Å². The van der Waals surface area contributed by atoms with Gasteiger partial charge in [-0.05, 0) is 98.9 Å². The van der Waals surface area contributed by atoms with Gasteiger partial charge in [0.05, 0.1) is 48.0 Å². The van der Waals surface area contributed by atoms with Crippen LogP contribution in [0.3, 0.4) is 0 Å². The van der Waals surface area contributed by atoms with Crippen LogP contribution < -0.4 is 4.90 Å². The minimum absolute atomic E-state index is 0.217. The third kappa shape index (κ3) is 6.30. The smallest absolute Gasteiger partial charge is 0.135 e. The summed E-state index contributed by atoms with van der Waals surface area (Å²) in [5.74, 6) is -0.819. The van der Waals surface area contributed by atoms with Gasteiger partial charge < -0.3 is 9.32 Å². The second-order valence-electron chi connectivity index (χ2n) is 10.3. The van der Waals surface area contributed by atoms with Crippen molar-refractivity contribution in [3.63, 3.8) is 0 Å². The van der Waals surface area contributed by atoms with Gasteiger partial charge in [-0.25, -0.2) is 0 Å². The van der Waals surface area contributed by atoms with Crippen LogP contribution >= 0.6 is 0 Å². The van der Waals surface area contributed by atoms with Crippen LogP contribution in [0.1, 0.15) is 48.0 Å². The van der Waals surface area contributed by atoms with Crippen LogP contribution in [0.4, 0.5) is 17.1 Å². The molecule has 0 fully saturated rings. The van der Waals surface area contributed by atoms with Gasteiger partial charge in [0.25, 0.3) is 0 Å². The zero-order chi connectivity index (χ0) is 65.2. The van der Waals surface area contributed by atoms with Crippen molar-refractivity contribution in [1.82, 2.24) is 0 Å². The lowest BCUT2D eigenvalue weighted by Crippen LogP contribution is -2.09. The first-order valence-corrected chi connectivity index (χ1v) is 14.8. The molecule has 2 nitrogen and oxygen atoms in total. The maximum absolute atomic E-state index is 9.58. The number of benzene rings is 8. The first kappa shape index (κ1) is 11.3. The van der Waals surface area contributed by atoms with E-state index in [0.29, 0.717) is 0 Å². The summed E-state index contributed by atoms with van der Waals surface area (Å²) in [4.78, 5) is 0.217. The highest BCUT2D eigenvalue weighted by Crippen LogP contribution is 2.38. The molecule has 0 unspecified atom stereocenters. The average Bonchev–Trinajstić information content (AvgIpc) is 1.90. The topological polar surface area (TPSA) is 16.4 Å². The molecule has 0 saturated carbocycles. The second kappa shape index (κ2) is 13.8. The maximum atomic E-state index is 9.58. The highest BCUT2D eigenvalue weighted by Gasteiger charge is 2.15. The summed E-state index contributed by atoms with van der Waals surface area (Å²) in [5.41, 5.74) is -12.7. The van der Waals surface area contributed by atoms with Crippen molar-refractivity contribution >= 4 is 28.0 Å². The molecule has 0 N–H and O–H groups in total. The first-order chi connectivity index (χ1) is 40.4. The Hall–Kier alpha value is -6.90. The number of furan rings is 1. The summed E-state index contributed by atoms with van der Waals surface area (Å²) in [5, 5.41) is -0.531. The Labute approximate surface area is 353 Å². The molecule has 1 heterocycles. The number of fused-ring (bicyclic) bond motifs is 1. The van der Waals surface area contributed by atoms with Crippen molar-refractivity contribution in [2.75, 3.05) is 4.90 Å². The van der Waals surface area contributed by atoms with Crippen LogP contribution in [0.5, 0.6) is 0 Å². The summed E-state index contributed by atoms with van der Waals surface area (Å²) < 4.78 is 316. The van der Waals surface area contributed by atoms with Crippen LogP contribution in [-0.2, 0) is 0 Å². The Bertz CT molecular complexity index is 4470. The highest BCUT2D eigenvalue weighted by molar-refractivity contribution is 5.85. The molecule has 0 aliphatic heterocycles. The Kier molecular flexibility index (Phi) is 2.99. The zero-order valence-corrected chi connectivity index (χ0v) is 25.9. The molecule has 0 spiro atoms. The van der Waals surface area contributed by atoms with E-state index >= 15 is 0 Å². The summed E-state index contributed by atoms with van der Waals surface area (Å²) in [7, 11) is 0. The average molecular weight is 701 g/mol. The van der Waals surface area contributed by atoms with E-state index in [4.69, 9.17) is 34.6 Å². The molecule has 246 valence electrons. The predicted molar refractivity (Wildman–Crippen MR) is 218 cm³/mol. The number of para-hydroxylation sites is 1. The van der Waals surface area contributed by atoms with E-state index in [9.17, 15) is 17.8 Å². The zero-order valence-electron chi connectivity index (χ0n) is 60.9. The molecule has 2 heteroatoms. The van der Waals surface area contributed by atoms with E-state index in [-0.39, 0.29) is 4.90 Å². The van der Waals surface area contributed by atoms with Crippen molar-refractivity contribution in [2.45, 2.75) is 0 Å². The van der Waals surface area contributed by atoms with Crippen molar-refractivity contribution in [3.05, 3.63) is 211 Å². The standard InChI is InChI=1S/C50H35NO/c1-3-10-36(11-4-1)38-18-20-39(21-19-38)41-24-30-47(31-25-41)51(46-28-22-40(23-29-46)37-12-5-2-6-13-37)48-32-26-42(27-33-48)43-15-9-16-44(34-43)50-35-45-14-7-8-17-49(45)52-50/h1-35H/i1D,2D,3D,4D,5D,6D,7D,8D,9D,10D,11D,12D,13D,14D,15D,16D,17D,18D,19D,20D,21D,22D,23D,24D,25D,26D,27D,28D,29D,30D,31D,32D,33D,34D,35D. The Morgan fingerprint density at radius 2 is 0.673 bits per heavy atom. The molecule has 52 heavy (non-hydrogen) atoms. The Morgan fingerprint density at radius 3 is 1.17 bits per heavy atom. The molecule has 8 aromatic carbocycles. The van der Waals surface area contributed by atoms with Crippen molar-refractivity contribution in [2.24, 2.45) is 0 Å². The monoisotopic (exact) mass is 700 g/mol. The van der Waals surface area contributed by atoms with Gasteiger partial charge in [-0.15, -0.1) is 0 Å². The second-order valence-corrected chi connectivity index (χ2v) is 10.3. The lowest BCUT2D eigenvalue weighted by Gasteiger charge is -2.26. The molecule has 0 atom stereocenters. The van der Waals surface area contributed by atoms with Gasteiger partial charge >= 0.3 is 0 Å². The molecular weight excluding hydrogens is 631 g/mol. The maximum Gasteiger partial charge on any atom is 0.135 e. The lowest BCUT2D eigenvalue weighted by molar-refractivity contribution is 0.631. The van der Waals surface area contributed by atoms with Gasteiger partial charge in [0.15, 0.2) is 0 Å². The van der Waals surface area contributed by atoms with Gasteiger partial charge in [0, 0.05) is 28.0 Å². The summed E-state index contributed by atoms with van der Waals surface area (Å²) in [6.07, 6.45) is 0. The van der Waals surface area contributed by atoms with Gasteiger partial charge in [0.2, 0.25) is 0 Å². The molecule has 9 aromatic rings. The van der Waals surface area contributed by atoms with Crippen molar-refractivity contribution < 1.29 is 52.4 Å². The summed E-state index contributed by atoms with van der Waals surface area (Å²) >= 11 is 0. The van der Waals surface area contributed by atoms with E-state index in [1.165, 1.54) is 0 Å². The number of nitrogens with zero attached hydrogens (tertiary/aromatic N) is 1.